The highest BCUT2D eigenvalue weighted by molar-refractivity contribution is 7.88. The molecule has 0 unspecified atom stereocenters. The van der Waals surface area contributed by atoms with Crippen LogP contribution in [0.1, 0.15) is 42.5 Å². The van der Waals surface area contributed by atoms with Gasteiger partial charge in [0.25, 0.3) is 0 Å². The summed E-state index contributed by atoms with van der Waals surface area (Å²) in [4.78, 5) is 0. The molecule has 1 aromatic carbocycles. The SMILES string of the molecule is CS(=O)(=O)NCc1c(C2(c3ccccc3Cl)CCC2)nn2c1NCCC2. The summed E-state index contributed by atoms with van der Waals surface area (Å²) in [6.45, 7) is 1.95. The number of nitrogens with zero attached hydrogens (tertiary/aromatic N) is 2. The summed E-state index contributed by atoms with van der Waals surface area (Å²) >= 11 is 6.54. The number of benzene rings is 1. The van der Waals surface area contributed by atoms with E-state index >= 15 is 0 Å². The third-order valence-corrected chi connectivity index (χ3v) is 6.45. The number of rotatable bonds is 5. The number of hydrogen-bond acceptors (Lipinski definition) is 4. The zero-order valence-electron chi connectivity index (χ0n) is 14.8. The monoisotopic (exact) mass is 394 g/mol. The van der Waals surface area contributed by atoms with E-state index in [9.17, 15) is 8.42 Å². The largest absolute Gasteiger partial charge is 0.370 e. The fourth-order valence-electron chi connectivity index (χ4n) is 4.06. The van der Waals surface area contributed by atoms with E-state index in [-0.39, 0.29) is 12.0 Å². The maximum atomic E-state index is 11.7. The molecule has 0 bridgehead atoms. The molecule has 1 aromatic heterocycles. The second-order valence-electron chi connectivity index (χ2n) is 7.19. The Morgan fingerprint density at radius 2 is 2.08 bits per heavy atom. The molecule has 1 saturated carbocycles. The van der Waals surface area contributed by atoms with Gasteiger partial charge in [0.1, 0.15) is 5.82 Å². The van der Waals surface area contributed by atoms with E-state index in [1.54, 1.807) is 0 Å². The predicted octanol–water partition coefficient (Wildman–Crippen LogP) is 2.87. The molecule has 2 aromatic rings. The molecule has 1 fully saturated rings. The van der Waals surface area contributed by atoms with Gasteiger partial charge < -0.3 is 5.32 Å². The lowest BCUT2D eigenvalue weighted by molar-refractivity contribution is 0.289. The van der Waals surface area contributed by atoms with Crippen LogP contribution >= 0.6 is 11.6 Å². The van der Waals surface area contributed by atoms with Gasteiger partial charge in [0.05, 0.1) is 11.9 Å². The highest BCUT2D eigenvalue weighted by Gasteiger charge is 2.46. The molecular formula is C18H23ClN4O2S. The van der Waals surface area contributed by atoms with E-state index in [1.165, 1.54) is 6.26 Å². The van der Waals surface area contributed by atoms with Gasteiger partial charge in [-0.1, -0.05) is 36.2 Å². The van der Waals surface area contributed by atoms with Gasteiger partial charge in [0.15, 0.2) is 0 Å². The molecule has 1 aliphatic carbocycles. The predicted molar refractivity (Wildman–Crippen MR) is 103 cm³/mol. The molecule has 2 aliphatic rings. The Kier molecular flexibility index (Phi) is 4.49. The number of hydrogen-bond donors (Lipinski definition) is 2. The van der Waals surface area contributed by atoms with Crippen LogP contribution in [-0.4, -0.2) is 31.0 Å². The highest BCUT2D eigenvalue weighted by Crippen LogP contribution is 2.52. The fourth-order valence-corrected chi connectivity index (χ4v) is 4.79. The lowest BCUT2D eigenvalue weighted by atomic mass is 9.61. The zero-order valence-corrected chi connectivity index (χ0v) is 16.3. The van der Waals surface area contributed by atoms with E-state index in [1.807, 2.05) is 22.9 Å². The molecule has 26 heavy (non-hydrogen) atoms. The molecule has 6 nitrogen and oxygen atoms in total. The van der Waals surface area contributed by atoms with Crippen LogP contribution in [0.25, 0.3) is 0 Å². The van der Waals surface area contributed by atoms with Crippen molar-refractivity contribution < 1.29 is 8.42 Å². The number of halogens is 1. The second-order valence-corrected chi connectivity index (χ2v) is 9.43. The summed E-state index contributed by atoms with van der Waals surface area (Å²) in [6.07, 6.45) is 5.24. The van der Waals surface area contributed by atoms with Crippen molar-refractivity contribution in [1.82, 2.24) is 14.5 Å². The minimum Gasteiger partial charge on any atom is -0.370 e. The first-order valence-corrected chi connectivity index (χ1v) is 11.2. The standard InChI is InChI=1S/C18H23ClN4O2S/c1-26(24,25)21-12-13-16(22-23-11-5-10-20-17(13)23)18(8-4-9-18)14-6-2-3-7-15(14)19/h2-3,6-7,20-21H,4-5,8-12H2,1H3. The number of sulfonamides is 1. The van der Waals surface area contributed by atoms with E-state index < -0.39 is 10.0 Å². The van der Waals surface area contributed by atoms with Crippen LogP contribution in [0.5, 0.6) is 0 Å². The van der Waals surface area contributed by atoms with Crippen molar-refractivity contribution in [2.75, 3.05) is 18.1 Å². The average molecular weight is 395 g/mol. The smallest absolute Gasteiger partial charge is 0.209 e. The number of anilines is 1. The Labute approximate surface area is 159 Å². The first kappa shape index (κ1) is 17.8. The molecule has 1 aliphatic heterocycles. The van der Waals surface area contributed by atoms with Gasteiger partial charge in [-0.05, 0) is 30.9 Å². The van der Waals surface area contributed by atoms with Crippen molar-refractivity contribution in [3.8, 4) is 0 Å². The maximum absolute atomic E-state index is 11.7. The summed E-state index contributed by atoms with van der Waals surface area (Å²) in [7, 11) is -3.29. The van der Waals surface area contributed by atoms with Crippen LogP contribution in [0.2, 0.25) is 5.02 Å². The van der Waals surface area contributed by atoms with Crippen LogP contribution in [0.15, 0.2) is 24.3 Å². The molecular weight excluding hydrogens is 372 g/mol. The first-order chi connectivity index (χ1) is 12.4. The van der Waals surface area contributed by atoms with Crippen LogP contribution < -0.4 is 10.0 Å². The Hall–Kier alpha value is -1.57. The maximum Gasteiger partial charge on any atom is 0.209 e. The molecule has 0 saturated heterocycles. The summed E-state index contributed by atoms with van der Waals surface area (Å²) in [6, 6.07) is 7.93. The number of nitrogens with one attached hydrogen (secondary N) is 2. The molecule has 0 radical (unpaired) electrons. The van der Waals surface area contributed by atoms with Crippen molar-refractivity contribution in [2.45, 2.75) is 44.2 Å². The van der Waals surface area contributed by atoms with Crippen molar-refractivity contribution in [2.24, 2.45) is 0 Å². The third kappa shape index (κ3) is 3.02. The van der Waals surface area contributed by atoms with Gasteiger partial charge in [-0.3, -0.25) is 0 Å². The van der Waals surface area contributed by atoms with Crippen molar-refractivity contribution in [3.05, 3.63) is 46.1 Å². The molecule has 2 N–H and O–H groups in total. The Morgan fingerprint density at radius 3 is 2.73 bits per heavy atom. The van der Waals surface area contributed by atoms with Crippen molar-refractivity contribution in [3.63, 3.8) is 0 Å². The van der Waals surface area contributed by atoms with Crippen LogP contribution in [0.4, 0.5) is 5.82 Å². The lowest BCUT2D eigenvalue weighted by Crippen LogP contribution is -2.38. The third-order valence-electron chi connectivity index (χ3n) is 5.45. The minimum absolute atomic E-state index is 0.237. The zero-order chi connectivity index (χ0) is 18.4. The normalized spacial score (nSPS) is 18.7. The number of aryl methyl sites for hydroxylation is 1. The summed E-state index contributed by atoms with van der Waals surface area (Å²) < 4.78 is 28.0. The summed E-state index contributed by atoms with van der Waals surface area (Å²) in [5.74, 6) is 0.931. The van der Waals surface area contributed by atoms with Crippen molar-refractivity contribution in [1.29, 1.82) is 0 Å². The molecule has 0 atom stereocenters. The van der Waals surface area contributed by atoms with Crippen molar-refractivity contribution >= 4 is 27.4 Å². The average Bonchev–Trinajstić information content (AvgIpc) is 2.92. The van der Waals surface area contributed by atoms with Gasteiger partial charge in [-0.15, -0.1) is 0 Å². The van der Waals surface area contributed by atoms with Gasteiger partial charge in [0, 0.05) is 35.6 Å². The first-order valence-electron chi connectivity index (χ1n) is 8.94. The van der Waals surface area contributed by atoms with E-state index in [0.29, 0.717) is 0 Å². The van der Waals surface area contributed by atoms with E-state index in [2.05, 4.69) is 16.1 Å². The van der Waals surface area contributed by atoms with Gasteiger partial charge in [0.2, 0.25) is 10.0 Å². The van der Waals surface area contributed by atoms with E-state index in [0.717, 1.165) is 66.4 Å². The van der Waals surface area contributed by atoms with E-state index in [4.69, 9.17) is 16.7 Å². The minimum atomic E-state index is -3.29. The lowest BCUT2D eigenvalue weighted by Gasteiger charge is -2.42. The molecule has 140 valence electrons. The number of fused-ring (bicyclic) bond motifs is 1. The molecule has 2 heterocycles. The summed E-state index contributed by atoms with van der Waals surface area (Å²) in [5, 5.41) is 9.07. The molecule has 8 heteroatoms. The Morgan fingerprint density at radius 1 is 1.31 bits per heavy atom. The fraction of sp³-hybridized carbons (Fsp3) is 0.500. The van der Waals surface area contributed by atoms with Crippen LogP contribution in [0.3, 0.4) is 0 Å². The number of aromatic nitrogens is 2. The van der Waals surface area contributed by atoms with Crippen LogP contribution in [-0.2, 0) is 28.5 Å². The van der Waals surface area contributed by atoms with Gasteiger partial charge >= 0.3 is 0 Å². The van der Waals surface area contributed by atoms with Gasteiger partial charge in [-0.25, -0.2) is 17.8 Å². The molecule has 0 spiro atoms. The molecule has 4 rings (SSSR count). The second kappa shape index (κ2) is 6.55. The molecule has 0 amide bonds. The summed E-state index contributed by atoms with van der Waals surface area (Å²) in [5.41, 5.74) is 2.75. The quantitative estimate of drug-likeness (QED) is 0.817. The van der Waals surface area contributed by atoms with Crippen LogP contribution in [0, 0.1) is 0 Å². The Balaban J connectivity index is 1.84. The Bertz CT molecular complexity index is 935. The topological polar surface area (TPSA) is 76.0 Å². The highest BCUT2D eigenvalue weighted by atomic mass is 35.5. The van der Waals surface area contributed by atoms with Gasteiger partial charge in [-0.2, -0.15) is 5.10 Å².